The summed E-state index contributed by atoms with van der Waals surface area (Å²) in [5.74, 6) is 0.957. The number of nitrogens with one attached hydrogen (secondary N) is 1. The summed E-state index contributed by atoms with van der Waals surface area (Å²) >= 11 is 6.34. The lowest BCUT2D eigenvalue weighted by atomic mass is 9.98. The fraction of sp³-hybridized carbons (Fsp3) is 0.586. The third kappa shape index (κ3) is 9.72. The van der Waals surface area contributed by atoms with Gasteiger partial charge in [-0.2, -0.15) is 0 Å². The molecule has 0 aliphatic carbocycles. The Bertz CT molecular complexity index is 878. The molecule has 200 valence electrons. The fourth-order valence-electron chi connectivity index (χ4n) is 4.72. The number of pyridine rings is 1. The lowest BCUT2D eigenvalue weighted by molar-refractivity contribution is -0.118. The van der Waals surface area contributed by atoms with Crippen LogP contribution in [0.25, 0.3) is 0 Å². The third-order valence-corrected chi connectivity index (χ3v) is 7.38. The van der Waals surface area contributed by atoms with Crippen LogP contribution < -0.4 is 10.2 Å². The number of benzene rings is 1. The summed E-state index contributed by atoms with van der Waals surface area (Å²) in [6.07, 6.45) is 5.66. The van der Waals surface area contributed by atoms with Crippen molar-refractivity contribution in [3.8, 4) is 0 Å². The van der Waals surface area contributed by atoms with E-state index in [-0.39, 0.29) is 5.91 Å². The molecule has 1 unspecified atom stereocenters. The van der Waals surface area contributed by atoms with E-state index in [0.717, 1.165) is 36.5 Å². The Labute approximate surface area is 224 Å². The molecule has 1 amide bonds. The minimum Gasteiger partial charge on any atom is -0.359 e. The van der Waals surface area contributed by atoms with Crippen LogP contribution in [0.2, 0.25) is 5.02 Å². The summed E-state index contributed by atoms with van der Waals surface area (Å²) in [5, 5.41) is 3.16. The van der Waals surface area contributed by atoms with Gasteiger partial charge >= 0.3 is 0 Å². The van der Waals surface area contributed by atoms with E-state index in [1.807, 2.05) is 18.3 Å². The van der Waals surface area contributed by atoms with Crippen molar-refractivity contribution < 1.29 is 4.79 Å². The molecule has 1 atom stereocenters. The first-order valence-corrected chi connectivity index (χ1v) is 13.7. The van der Waals surface area contributed by atoms with Crippen LogP contribution in [0.3, 0.4) is 0 Å². The maximum atomic E-state index is 9.70. The van der Waals surface area contributed by atoms with Gasteiger partial charge in [-0.15, -0.1) is 0 Å². The molecule has 1 N–H and O–H groups in total. The molecular formula is C29H46ClN5O. The Morgan fingerprint density at radius 3 is 2.08 bits per heavy atom. The maximum Gasteiger partial charge on any atom is 0.216 e. The number of rotatable bonds is 4. The Morgan fingerprint density at radius 2 is 1.61 bits per heavy atom. The zero-order chi connectivity index (χ0) is 26.5. The quantitative estimate of drug-likeness (QED) is 0.608. The molecule has 4 rings (SSSR count). The molecule has 7 heteroatoms. The molecule has 1 aromatic heterocycles. The lowest BCUT2D eigenvalue weighted by Crippen LogP contribution is -2.58. The highest BCUT2D eigenvalue weighted by Crippen LogP contribution is 2.28. The van der Waals surface area contributed by atoms with Crippen LogP contribution in [-0.2, 0) is 4.79 Å². The topological polar surface area (TPSA) is 51.7 Å². The van der Waals surface area contributed by atoms with Gasteiger partial charge in [-0.05, 0) is 64.9 Å². The van der Waals surface area contributed by atoms with Crippen molar-refractivity contribution in [1.29, 1.82) is 0 Å². The SMILES string of the molecule is CCC1CN(c2ncccc2Cl)CCN1C1CCN(CC)CC1.CNC(C)=O.Cc1ccc(C)cc1. The first-order chi connectivity index (χ1) is 17.3. The number of aromatic nitrogens is 1. The summed E-state index contributed by atoms with van der Waals surface area (Å²) in [6.45, 7) is 17.1. The number of amides is 1. The molecule has 2 aromatic rings. The van der Waals surface area contributed by atoms with Crippen molar-refractivity contribution in [2.45, 2.75) is 66.0 Å². The average molecular weight is 516 g/mol. The van der Waals surface area contributed by atoms with Gasteiger partial charge in [-0.1, -0.05) is 60.8 Å². The highest BCUT2D eigenvalue weighted by molar-refractivity contribution is 6.32. The normalized spacial score (nSPS) is 19.0. The second-order valence-corrected chi connectivity index (χ2v) is 10.1. The van der Waals surface area contributed by atoms with Gasteiger partial charge in [-0.25, -0.2) is 4.98 Å². The van der Waals surface area contributed by atoms with E-state index in [9.17, 15) is 4.79 Å². The van der Waals surface area contributed by atoms with Crippen LogP contribution >= 0.6 is 11.6 Å². The number of piperazine rings is 1. The van der Waals surface area contributed by atoms with Gasteiger partial charge in [0.05, 0.1) is 5.02 Å². The van der Waals surface area contributed by atoms with E-state index in [0.29, 0.717) is 6.04 Å². The van der Waals surface area contributed by atoms with Crippen molar-refractivity contribution in [2.24, 2.45) is 0 Å². The molecule has 2 aliphatic heterocycles. The number of carbonyl (C=O) groups is 1. The van der Waals surface area contributed by atoms with Crippen LogP contribution in [0.5, 0.6) is 0 Å². The summed E-state index contributed by atoms with van der Waals surface area (Å²) in [4.78, 5) is 21.9. The van der Waals surface area contributed by atoms with Crippen LogP contribution in [0.1, 0.15) is 51.2 Å². The smallest absolute Gasteiger partial charge is 0.216 e. The zero-order valence-corrected chi connectivity index (χ0v) is 23.9. The predicted octanol–water partition coefficient (Wildman–Crippen LogP) is 5.18. The number of piperidine rings is 1. The molecule has 0 bridgehead atoms. The first kappa shape index (κ1) is 30.1. The molecule has 0 spiro atoms. The third-order valence-electron chi connectivity index (χ3n) is 7.08. The molecule has 36 heavy (non-hydrogen) atoms. The molecular weight excluding hydrogens is 470 g/mol. The molecule has 0 saturated carbocycles. The summed E-state index contributed by atoms with van der Waals surface area (Å²) in [7, 11) is 1.60. The standard InChI is InChI=1S/C18H29ClN4.C8H10.C3H7NO/c1-3-15-14-22(18-17(19)6-5-9-20-18)12-13-23(15)16-7-10-21(4-2)11-8-16;1-7-3-5-8(2)6-4-7;1-3(5)4-2/h5-6,9,15-16H,3-4,7-8,10-14H2,1-2H3;3-6H,1-2H3;1-2H3,(H,4,5). The fourth-order valence-corrected chi connectivity index (χ4v) is 4.96. The summed E-state index contributed by atoms with van der Waals surface area (Å²) in [6, 6.07) is 13.7. The van der Waals surface area contributed by atoms with Crippen molar-refractivity contribution in [3.63, 3.8) is 0 Å². The monoisotopic (exact) mass is 515 g/mol. The van der Waals surface area contributed by atoms with E-state index < -0.39 is 0 Å². The highest BCUT2D eigenvalue weighted by Gasteiger charge is 2.33. The number of carbonyl (C=O) groups excluding carboxylic acids is 1. The van der Waals surface area contributed by atoms with Gasteiger partial charge in [0, 0.05) is 51.9 Å². The van der Waals surface area contributed by atoms with Gasteiger partial charge in [0.1, 0.15) is 5.82 Å². The minimum atomic E-state index is 0.00463. The predicted molar refractivity (Wildman–Crippen MR) is 153 cm³/mol. The van der Waals surface area contributed by atoms with Crippen LogP contribution in [-0.4, -0.2) is 79.1 Å². The Balaban J connectivity index is 0.000000288. The van der Waals surface area contributed by atoms with Crippen molar-refractivity contribution in [1.82, 2.24) is 20.1 Å². The van der Waals surface area contributed by atoms with Gasteiger partial charge < -0.3 is 15.1 Å². The van der Waals surface area contributed by atoms with Gasteiger partial charge in [-0.3, -0.25) is 9.69 Å². The Kier molecular flexibility index (Phi) is 13.2. The number of likely N-dealkylation sites (tertiary alicyclic amines) is 1. The van der Waals surface area contributed by atoms with Crippen molar-refractivity contribution >= 4 is 23.3 Å². The van der Waals surface area contributed by atoms with E-state index in [1.165, 1.54) is 56.9 Å². The number of nitrogens with zero attached hydrogens (tertiary/aromatic N) is 4. The maximum absolute atomic E-state index is 9.70. The molecule has 0 radical (unpaired) electrons. The van der Waals surface area contributed by atoms with Gasteiger partial charge in [0.15, 0.2) is 0 Å². The Morgan fingerprint density at radius 1 is 1.03 bits per heavy atom. The number of halogens is 1. The number of anilines is 1. The average Bonchev–Trinajstić information content (AvgIpc) is 2.91. The summed E-state index contributed by atoms with van der Waals surface area (Å²) in [5.41, 5.74) is 2.66. The molecule has 2 saturated heterocycles. The number of hydrogen-bond donors (Lipinski definition) is 1. The second kappa shape index (κ2) is 15.9. The van der Waals surface area contributed by atoms with Crippen LogP contribution in [0.15, 0.2) is 42.6 Å². The zero-order valence-electron chi connectivity index (χ0n) is 23.1. The lowest BCUT2D eigenvalue weighted by Gasteiger charge is -2.47. The van der Waals surface area contributed by atoms with Crippen molar-refractivity contribution in [3.05, 3.63) is 58.7 Å². The largest absolute Gasteiger partial charge is 0.359 e. The van der Waals surface area contributed by atoms with Gasteiger partial charge in [0.2, 0.25) is 5.91 Å². The minimum absolute atomic E-state index is 0.00463. The molecule has 6 nitrogen and oxygen atoms in total. The van der Waals surface area contributed by atoms with E-state index in [1.54, 1.807) is 7.05 Å². The van der Waals surface area contributed by atoms with E-state index in [4.69, 9.17) is 11.6 Å². The van der Waals surface area contributed by atoms with Crippen LogP contribution in [0, 0.1) is 13.8 Å². The highest BCUT2D eigenvalue weighted by atomic mass is 35.5. The van der Waals surface area contributed by atoms with Crippen molar-refractivity contribution in [2.75, 3.05) is 51.2 Å². The molecule has 1 aromatic carbocycles. The number of hydrogen-bond acceptors (Lipinski definition) is 5. The van der Waals surface area contributed by atoms with E-state index >= 15 is 0 Å². The number of aryl methyl sites for hydroxylation is 2. The molecule has 2 fully saturated rings. The molecule has 2 aliphatic rings. The Hall–Kier alpha value is -2.15. The van der Waals surface area contributed by atoms with Gasteiger partial charge in [0.25, 0.3) is 0 Å². The van der Waals surface area contributed by atoms with E-state index in [2.05, 4.69) is 77.0 Å². The second-order valence-electron chi connectivity index (χ2n) is 9.68. The van der Waals surface area contributed by atoms with Crippen LogP contribution in [0.4, 0.5) is 5.82 Å². The molecule has 3 heterocycles. The first-order valence-electron chi connectivity index (χ1n) is 13.3. The summed E-state index contributed by atoms with van der Waals surface area (Å²) < 4.78 is 0.